The van der Waals surface area contributed by atoms with Gasteiger partial charge in [-0.2, -0.15) is 0 Å². The van der Waals surface area contributed by atoms with Crippen LogP contribution in [0.2, 0.25) is 0 Å². The molecule has 0 bridgehead atoms. The third kappa shape index (κ3) is 3.13. The Morgan fingerprint density at radius 1 is 1.28 bits per heavy atom. The van der Waals surface area contributed by atoms with Crippen LogP contribution < -0.4 is 5.32 Å². The molecule has 1 fully saturated rings. The van der Waals surface area contributed by atoms with Crippen molar-refractivity contribution in [3.63, 3.8) is 0 Å². The average molecular weight is 443 g/mol. The highest BCUT2D eigenvalue weighted by Gasteiger charge is 2.32. The molecule has 0 aromatic carbocycles. The molecule has 4 heterocycles. The molecule has 1 saturated carbocycles. The first-order valence-electron chi connectivity index (χ1n) is 9.79. The number of carbonyl (C=O) groups is 1. The maximum Gasteiger partial charge on any atom is 0.236 e. The number of anilines is 1. The predicted octanol–water partition coefficient (Wildman–Crippen LogP) is 4.28. The zero-order valence-electron chi connectivity index (χ0n) is 15.6. The van der Waals surface area contributed by atoms with Gasteiger partial charge in [0.1, 0.15) is 10.7 Å². The van der Waals surface area contributed by atoms with Crippen LogP contribution in [0.5, 0.6) is 0 Å². The molecule has 29 heavy (non-hydrogen) atoms. The summed E-state index contributed by atoms with van der Waals surface area (Å²) in [5, 5.41) is 16.2. The zero-order valence-corrected chi connectivity index (χ0v) is 18.0. The van der Waals surface area contributed by atoms with E-state index >= 15 is 0 Å². The van der Waals surface area contributed by atoms with Crippen LogP contribution in [0.4, 0.5) is 5.13 Å². The molecule has 6 rings (SSSR count). The highest BCUT2D eigenvalue weighted by molar-refractivity contribution is 7.99. The van der Waals surface area contributed by atoms with Crippen molar-refractivity contribution in [3.05, 3.63) is 27.8 Å². The Bertz CT molecular complexity index is 1220. The van der Waals surface area contributed by atoms with Gasteiger partial charge in [0, 0.05) is 22.4 Å². The topological polar surface area (TPSA) is 85.1 Å². The Hall–Kier alpha value is -2.04. The fourth-order valence-corrected chi connectivity index (χ4v) is 6.48. The number of thioether (sulfide) groups is 1. The minimum atomic E-state index is -0.0865. The second-order valence-corrected chi connectivity index (χ2v) is 10.4. The zero-order chi connectivity index (χ0) is 19.4. The summed E-state index contributed by atoms with van der Waals surface area (Å²) < 4.78 is 2.11. The van der Waals surface area contributed by atoms with Crippen LogP contribution in [-0.4, -0.2) is 36.2 Å². The second-order valence-electron chi connectivity index (χ2n) is 7.45. The number of nitrogens with one attached hydrogen (secondary N) is 1. The van der Waals surface area contributed by atoms with E-state index in [1.165, 1.54) is 51.8 Å². The van der Waals surface area contributed by atoms with E-state index in [0.29, 0.717) is 11.0 Å². The van der Waals surface area contributed by atoms with E-state index in [2.05, 4.69) is 24.9 Å². The molecule has 0 saturated heterocycles. The molecular weight excluding hydrogens is 424 g/mol. The van der Waals surface area contributed by atoms with E-state index in [1.54, 1.807) is 6.20 Å². The molecular formula is C19H18N6OS3. The quantitative estimate of drug-likeness (QED) is 0.464. The van der Waals surface area contributed by atoms with Gasteiger partial charge < -0.3 is 5.32 Å². The van der Waals surface area contributed by atoms with Crippen molar-refractivity contribution in [1.29, 1.82) is 0 Å². The number of thiophene rings is 1. The lowest BCUT2D eigenvalue weighted by molar-refractivity contribution is -0.113. The summed E-state index contributed by atoms with van der Waals surface area (Å²) in [6, 6.07) is 0. The normalized spacial score (nSPS) is 16.4. The molecule has 4 aromatic rings. The number of amides is 1. The number of aryl methyl sites for hydroxylation is 2. The lowest BCUT2D eigenvalue weighted by Crippen LogP contribution is -2.14. The van der Waals surface area contributed by atoms with Gasteiger partial charge in [-0.1, -0.05) is 11.8 Å². The number of carbonyl (C=O) groups excluding carboxylic acids is 1. The smallest absolute Gasteiger partial charge is 0.236 e. The van der Waals surface area contributed by atoms with Crippen molar-refractivity contribution in [2.24, 2.45) is 0 Å². The van der Waals surface area contributed by atoms with Crippen molar-refractivity contribution < 1.29 is 4.79 Å². The number of aromatic nitrogens is 5. The summed E-state index contributed by atoms with van der Waals surface area (Å²) in [6.07, 6.45) is 8.72. The van der Waals surface area contributed by atoms with Gasteiger partial charge in [0.2, 0.25) is 5.91 Å². The highest BCUT2D eigenvalue weighted by Crippen LogP contribution is 2.44. The fourth-order valence-electron chi connectivity index (χ4n) is 3.93. The van der Waals surface area contributed by atoms with Crippen LogP contribution in [0.25, 0.3) is 15.9 Å². The number of fused-ring (bicyclic) bond motifs is 5. The van der Waals surface area contributed by atoms with Crippen LogP contribution in [0.15, 0.2) is 16.7 Å². The van der Waals surface area contributed by atoms with Crippen LogP contribution in [0.1, 0.15) is 47.9 Å². The molecule has 10 heteroatoms. The lowest BCUT2D eigenvalue weighted by atomic mass is 9.97. The lowest BCUT2D eigenvalue weighted by Gasteiger charge is -2.11. The first-order valence-corrected chi connectivity index (χ1v) is 12.5. The molecule has 1 amide bonds. The van der Waals surface area contributed by atoms with Gasteiger partial charge in [0.25, 0.3) is 0 Å². The monoisotopic (exact) mass is 442 g/mol. The van der Waals surface area contributed by atoms with E-state index in [0.717, 1.165) is 47.1 Å². The SMILES string of the molecule is O=C(CSc1nnc2c3c4c(sc3nc(C3CC3)n12)CCCC4)Nc1nccs1. The number of hydrogen-bond donors (Lipinski definition) is 1. The molecule has 0 spiro atoms. The Balaban J connectivity index is 1.39. The summed E-state index contributed by atoms with van der Waals surface area (Å²) in [4.78, 5) is 24.0. The Kier molecular flexibility index (Phi) is 4.31. The van der Waals surface area contributed by atoms with E-state index in [4.69, 9.17) is 4.98 Å². The Morgan fingerprint density at radius 2 is 2.17 bits per heavy atom. The van der Waals surface area contributed by atoms with Gasteiger partial charge in [-0.05, 0) is 44.1 Å². The standard InChI is InChI=1S/C19H18N6OS3/c26-13(21-18-20-7-8-27-18)9-28-19-24-23-16-14-11-3-1-2-4-12(11)29-17(14)22-15(25(16)19)10-5-6-10/h7-8,10H,1-6,9H2,(H,20,21,26). The van der Waals surface area contributed by atoms with Crippen molar-refractivity contribution in [1.82, 2.24) is 24.6 Å². The third-order valence-corrected chi connectivity index (χ3v) is 8.21. The molecule has 148 valence electrons. The predicted molar refractivity (Wildman–Crippen MR) is 116 cm³/mol. The first kappa shape index (κ1) is 17.8. The van der Waals surface area contributed by atoms with Crippen LogP contribution >= 0.6 is 34.4 Å². The number of thiazole rings is 1. The van der Waals surface area contributed by atoms with Crippen molar-refractivity contribution >= 4 is 61.3 Å². The van der Waals surface area contributed by atoms with Gasteiger partial charge in [0.05, 0.1) is 11.1 Å². The molecule has 2 aliphatic carbocycles. The second kappa shape index (κ2) is 7.03. The van der Waals surface area contributed by atoms with Gasteiger partial charge in [0.15, 0.2) is 15.9 Å². The van der Waals surface area contributed by atoms with E-state index < -0.39 is 0 Å². The largest absolute Gasteiger partial charge is 0.301 e. The maximum atomic E-state index is 12.3. The van der Waals surface area contributed by atoms with Gasteiger partial charge in [-0.15, -0.1) is 32.9 Å². The average Bonchev–Trinajstić information content (AvgIpc) is 3.12. The van der Waals surface area contributed by atoms with Crippen LogP contribution in [0.3, 0.4) is 0 Å². The van der Waals surface area contributed by atoms with Crippen molar-refractivity contribution in [3.8, 4) is 0 Å². The summed E-state index contributed by atoms with van der Waals surface area (Å²) in [5.41, 5.74) is 2.33. The fraction of sp³-hybridized carbons (Fsp3) is 0.421. The number of rotatable bonds is 5. The van der Waals surface area contributed by atoms with Crippen molar-refractivity contribution in [2.75, 3.05) is 11.1 Å². The van der Waals surface area contributed by atoms with Gasteiger partial charge in [-0.25, -0.2) is 9.97 Å². The minimum Gasteiger partial charge on any atom is -0.301 e. The van der Waals surface area contributed by atoms with E-state index in [1.807, 2.05) is 16.7 Å². The minimum absolute atomic E-state index is 0.0865. The summed E-state index contributed by atoms with van der Waals surface area (Å²) in [6.45, 7) is 0. The molecule has 0 unspecified atom stereocenters. The van der Waals surface area contributed by atoms with E-state index in [9.17, 15) is 4.79 Å². The van der Waals surface area contributed by atoms with Crippen LogP contribution in [0, 0.1) is 0 Å². The number of nitrogens with zero attached hydrogens (tertiary/aromatic N) is 5. The third-order valence-electron chi connectivity index (χ3n) is 5.41. The summed E-state index contributed by atoms with van der Waals surface area (Å²) in [7, 11) is 0. The highest BCUT2D eigenvalue weighted by atomic mass is 32.2. The van der Waals surface area contributed by atoms with Gasteiger partial charge >= 0.3 is 0 Å². The Morgan fingerprint density at radius 3 is 3.00 bits per heavy atom. The van der Waals surface area contributed by atoms with Crippen LogP contribution in [-0.2, 0) is 17.6 Å². The molecule has 0 aliphatic heterocycles. The molecule has 0 atom stereocenters. The van der Waals surface area contributed by atoms with E-state index in [-0.39, 0.29) is 11.7 Å². The number of hydrogen-bond acceptors (Lipinski definition) is 8. The molecule has 0 radical (unpaired) electrons. The van der Waals surface area contributed by atoms with Crippen molar-refractivity contribution in [2.45, 2.75) is 49.6 Å². The summed E-state index contributed by atoms with van der Waals surface area (Å²) >= 11 is 4.66. The molecule has 7 nitrogen and oxygen atoms in total. The maximum absolute atomic E-state index is 12.3. The molecule has 2 aliphatic rings. The molecule has 4 aromatic heterocycles. The summed E-state index contributed by atoms with van der Waals surface area (Å²) in [5.74, 6) is 1.71. The molecule has 1 N–H and O–H groups in total. The van der Waals surface area contributed by atoms with Gasteiger partial charge in [-0.3, -0.25) is 9.20 Å². The Labute approximate surface area is 179 Å². The first-order chi connectivity index (χ1) is 14.3.